The van der Waals surface area contributed by atoms with Crippen LogP contribution < -0.4 is 11.1 Å². The van der Waals surface area contributed by atoms with Crippen molar-refractivity contribution < 1.29 is 28.3 Å². The van der Waals surface area contributed by atoms with Crippen molar-refractivity contribution in [3.63, 3.8) is 0 Å². The Kier molecular flexibility index (Phi) is 9.45. The van der Waals surface area contributed by atoms with E-state index in [1.807, 2.05) is 19.9 Å². The second-order valence-corrected chi connectivity index (χ2v) is 9.25. The minimum Gasteiger partial charge on any atom is -0.465 e. The first-order chi connectivity index (χ1) is 15.2. The number of amides is 1. The third-order valence-corrected chi connectivity index (χ3v) is 6.63. The lowest BCUT2D eigenvalue weighted by atomic mass is 10.0. The number of hydroxylamine groups is 1. The number of sulfonamides is 1. The normalized spacial score (nSPS) is 13.8. The smallest absolute Gasteiger partial charge is 0.404 e. The van der Waals surface area contributed by atoms with Crippen LogP contribution in [0.2, 0.25) is 0 Å². The summed E-state index contributed by atoms with van der Waals surface area (Å²) in [4.78, 5) is 17.0. The molecular formula is C22H31N3O6S. The zero-order valence-corrected chi connectivity index (χ0v) is 19.0. The largest absolute Gasteiger partial charge is 0.465 e. The van der Waals surface area contributed by atoms with Crippen LogP contribution in [-0.2, 0) is 21.3 Å². The number of hydrogen-bond donors (Lipinski definition) is 4. The van der Waals surface area contributed by atoms with Crippen molar-refractivity contribution in [1.82, 2.24) is 9.79 Å². The van der Waals surface area contributed by atoms with E-state index in [9.17, 15) is 23.4 Å². The van der Waals surface area contributed by atoms with E-state index in [-0.39, 0.29) is 17.0 Å². The molecular weight excluding hydrogens is 434 g/mol. The third-order valence-electron chi connectivity index (χ3n) is 5.01. The summed E-state index contributed by atoms with van der Waals surface area (Å²) >= 11 is 0. The molecule has 0 saturated carbocycles. The second kappa shape index (κ2) is 11.8. The highest BCUT2D eigenvalue weighted by Crippen LogP contribution is 2.22. The molecule has 0 saturated heterocycles. The zero-order chi connectivity index (χ0) is 23.7. The number of nitrogens with one attached hydrogen (secondary N) is 1. The summed E-state index contributed by atoms with van der Waals surface area (Å²) in [6.45, 7) is 3.26. The highest BCUT2D eigenvalue weighted by molar-refractivity contribution is 7.89. The summed E-state index contributed by atoms with van der Waals surface area (Å²) in [6.07, 6.45) is -1.83. The van der Waals surface area contributed by atoms with Crippen molar-refractivity contribution in [2.45, 2.75) is 56.3 Å². The van der Waals surface area contributed by atoms with Gasteiger partial charge in [0.1, 0.15) is 0 Å². The predicted molar refractivity (Wildman–Crippen MR) is 121 cm³/mol. The summed E-state index contributed by atoms with van der Waals surface area (Å²) in [6, 6.07) is 13.8. The molecule has 0 radical (unpaired) electrons. The standard InChI is InChI=1S/C22H31N3O6S/c1-3-18(4-2)31-25(32(29,30)19-12-8-11-17(23)14-19)15-21(26)20(24-22(27)28)13-16-9-6-5-7-10-16/h5-12,14,18,20-21,24,26H,3-4,13,15,23H2,1-2H3,(H,27,28)/t20-,21+/m0/s1. The summed E-state index contributed by atoms with van der Waals surface area (Å²) in [7, 11) is -4.17. The molecule has 5 N–H and O–H groups in total. The van der Waals surface area contributed by atoms with Gasteiger partial charge in [-0.15, -0.1) is 0 Å². The Morgan fingerprint density at radius 1 is 1.12 bits per heavy atom. The Morgan fingerprint density at radius 2 is 1.78 bits per heavy atom. The van der Waals surface area contributed by atoms with Gasteiger partial charge < -0.3 is 21.3 Å². The number of nitrogen functional groups attached to an aromatic ring is 1. The SMILES string of the molecule is CCC(CC)ON(C[C@@H](O)[C@H](Cc1ccccc1)NC(=O)O)S(=O)(=O)c1cccc(N)c1. The molecule has 176 valence electrons. The van der Waals surface area contributed by atoms with E-state index < -0.39 is 40.9 Å². The summed E-state index contributed by atoms with van der Waals surface area (Å²) in [5, 5.41) is 22.4. The van der Waals surface area contributed by atoms with Crippen LogP contribution >= 0.6 is 0 Å². The van der Waals surface area contributed by atoms with Crippen molar-refractivity contribution in [2.75, 3.05) is 12.3 Å². The van der Waals surface area contributed by atoms with E-state index in [0.29, 0.717) is 12.8 Å². The molecule has 0 aliphatic rings. The van der Waals surface area contributed by atoms with Crippen LogP contribution in [0.3, 0.4) is 0 Å². The van der Waals surface area contributed by atoms with Gasteiger partial charge in [0.15, 0.2) is 0 Å². The van der Waals surface area contributed by atoms with Gasteiger partial charge in [-0.25, -0.2) is 13.2 Å². The molecule has 0 aromatic heterocycles. The van der Waals surface area contributed by atoms with Crippen molar-refractivity contribution >= 4 is 21.8 Å². The molecule has 0 bridgehead atoms. The molecule has 2 rings (SSSR count). The van der Waals surface area contributed by atoms with Gasteiger partial charge >= 0.3 is 6.09 Å². The Balaban J connectivity index is 2.33. The number of carbonyl (C=O) groups is 1. The van der Waals surface area contributed by atoms with E-state index in [4.69, 9.17) is 10.6 Å². The highest BCUT2D eigenvalue weighted by atomic mass is 32.2. The topological polar surface area (TPSA) is 142 Å². The fraction of sp³-hybridized carbons (Fsp3) is 0.409. The third kappa shape index (κ3) is 7.20. The molecule has 0 unspecified atom stereocenters. The number of rotatable bonds is 12. The van der Waals surface area contributed by atoms with Gasteiger partial charge in [0.05, 0.1) is 29.7 Å². The number of hydrogen-bond acceptors (Lipinski definition) is 6. The van der Waals surface area contributed by atoms with E-state index in [2.05, 4.69) is 5.32 Å². The van der Waals surface area contributed by atoms with Crippen LogP contribution in [-0.4, -0.2) is 54.0 Å². The Bertz CT molecular complexity index is 967. The summed E-state index contributed by atoms with van der Waals surface area (Å²) < 4.78 is 27.3. The lowest BCUT2D eigenvalue weighted by Crippen LogP contribution is -2.50. The van der Waals surface area contributed by atoms with E-state index in [1.165, 1.54) is 18.2 Å². The molecule has 0 heterocycles. The van der Waals surface area contributed by atoms with E-state index >= 15 is 0 Å². The molecule has 0 aliphatic carbocycles. The molecule has 2 atom stereocenters. The maximum atomic E-state index is 13.3. The van der Waals surface area contributed by atoms with Gasteiger partial charge in [0.2, 0.25) is 0 Å². The fourth-order valence-corrected chi connectivity index (χ4v) is 4.54. The summed E-state index contributed by atoms with van der Waals surface area (Å²) in [5.41, 5.74) is 6.81. The van der Waals surface area contributed by atoms with Crippen molar-refractivity contribution in [3.8, 4) is 0 Å². The van der Waals surface area contributed by atoms with Crippen LogP contribution in [0.15, 0.2) is 59.5 Å². The fourth-order valence-electron chi connectivity index (χ4n) is 3.18. The predicted octanol–water partition coefficient (Wildman–Crippen LogP) is 2.62. The number of aliphatic hydroxyl groups excluding tert-OH is 1. The quantitative estimate of drug-likeness (QED) is 0.279. The molecule has 0 aliphatic heterocycles. The average Bonchev–Trinajstić information content (AvgIpc) is 2.76. The second-order valence-electron chi connectivity index (χ2n) is 7.42. The molecule has 9 nitrogen and oxygen atoms in total. The molecule has 32 heavy (non-hydrogen) atoms. The summed E-state index contributed by atoms with van der Waals surface area (Å²) in [5.74, 6) is 0. The minimum atomic E-state index is -4.17. The monoisotopic (exact) mass is 465 g/mol. The van der Waals surface area contributed by atoms with E-state index in [1.54, 1.807) is 30.3 Å². The van der Waals surface area contributed by atoms with E-state index in [0.717, 1.165) is 10.0 Å². The zero-order valence-electron chi connectivity index (χ0n) is 18.2. The average molecular weight is 466 g/mol. The first kappa shape index (κ1) is 25.6. The van der Waals surface area contributed by atoms with Crippen LogP contribution in [0.4, 0.5) is 10.5 Å². The van der Waals surface area contributed by atoms with Crippen LogP contribution in [0.5, 0.6) is 0 Å². The maximum absolute atomic E-state index is 13.3. The van der Waals surface area contributed by atoms with Gasteiger partial charge in [0, 0.05) is 5.69 Å². The Morgan fingerprint density at radius 3 is 2.34 bits per heavy atom. The lowest BCUT2D eigenvalue weighted by Gasteiger charge is -2.30. The van der Waals surface area contributed by atoms with Crippen molar-refractivity contribution in [2.24, 2.45) is 0 Å². The number of anilines is 1. The molecule has 0 spiro atoms. The van der Waals surface area contributed by atoms with Gasteiger partial charge in [-0.3, -0.25) is 4.84 Å². The first-order valence-electron chi connectivity index (χ1n) is 10.4. The van der Waals surface area contributed by atoms with Gasteiger partial charge in [-0.05, 0) is 43.0 Å². The molecule has 2 aromatic rings. The Labute approximate surface area is 188 Å². The van der Waals surface area contributed by atoms with Crippen LogP contribution in [0.25, 0.3) is 0 Å². The van der Waals surface area contributed by atoms with Crippen LogP contribution in [0.1, 0.15) is 32.3 Å². The van der Waals surface area contributed by atoms with Gasteiger partial charge in [-0.2, -0.15) is 0 Å². The van der Waals surface area contributed by atoms with Gasteiger partial charge in [0.25, 0.3) is 10.0 Å². The van der Waals surface area contributed by atoms with Crippen molar-refractivity contribution in [3.05, 3.63) is 60.2 Å². The molecule has 10 heteroatoms. The van der Waals surface area contributed by atoms with Crippen LogP contribution in [0, 0.1) is 0 Å². The number of aliphatic hydroxyl groups is 1. The molecule has 2 aromatic carbocycles. The maximum Gasteiger partial charge on any atom is 0.404 e. The number of carboxylic acid groups (broad SMARTS) is 1. The number of nitrogens with zero attached hydrogens (tertiary/aromatic N) is 1. The number of benzene rings is 2. The number of nitrogens with two attached hydrogens (primary N) is 1. The molecule has 1 amide bonds. The Hall–Kier alpha value is -2.66. The molecule has 0 fully saturated rings. The lowest BCUT2D eigenvalue weighted by molar-refractivity contribution is -0.149. The minimum absolute atomic E-state index is 0.0820. The van der Waals surface area contributed by atoms with Gasteiger partial charge in [-0.1, -0.05) is 54.7 Å². The van der Waals surface area contributed by atoms with Crippen molar-refractivity contribution in [1.29, 1.82) is 0 Å². The first-order valence-corrected chi connectivity index (χ1v) is 11.9. The highest BCUT2D eigenvalue weighted by Gasteiger charge is 2.33.